The minimum Gasteiger partial charge on any atom is -0.345 e. The van der Waals surface area contributed by atoms with Crippen molar-refractivity contribution in [2.45, 2.75) is 50.6 Å². The lowest BCUT2D eigenvalue weighted by atomic mass is 10.0. The first-order chi connectivity index (χ1) is 11.9. The average molecular weight is 373 g/mol. The van der Waals surface area contributed by atoms with Crippen LogP contribution in [-0.4, -0.2) is 24.4 Å². The summed E-state index contributed by atoms with van der Waals surface area (Å²) in [6.45, 7) is 4.26. The molecule has 0 atom stereocenters. The van der Waals surface area contributed by atoms with Gasteiger partial charge in [-0.3, -0.25) is 4.79 Å². The van der Waals surface area contributed by atoms with Crippen molar-refractivity contribution in [1.29, 1.82) is 0 Å². The number of nitrogens with one attached hydrogen (secondary N) is 1. The summed E-state index contributed by atoms with van der Waals surface area (Å²) >= 11 is 1.82. The normalized spacial score (nSPS) is 12.1. The molecule has 0 aromatic heterocycles. The van der Waals surface area contributed by atoms with Crippen molar-refractivity contribution < 1.29 is 18.0 Å². The number of halogens is 3. The standard InChI is InChI=1S/C19H26F3NOS/c1-3-7-16(8-4-2)14-25-17-11-5-9-15(13-17)10-6-12-23-18(24)19(20,21)22/h5-6,9-11,13,16H,3-4,7-8,12,14H2,1-2H3,(H,23,24). The highest BCUT2D eigenvalue weighted by Gasteiger charge is 2.37. The molecular weight excluding hydrogens is 347 g/mol. The maximum absolute atomic E-state index is 12.1. The molecule has 1 aromatic rings. The Morgan fingerprint density at radius 3 is 2.52 bits per heavy atom. The fourth-order valence-corrected chi connectivity index (χ4v) is 3.65. The van der Waals surface area contributed by atoms with Gasteiger partial charge in [0.1, 0.15) is 0 Å². The van der Waals surface area contributed by atoms with E-state index in [0.717, 1.165) is 22.1 Å². The highest BCUT2D eigenvalue weighted by atomic mass is 32.2. The topological polar surface area (TPSA) is 29.1 Å². The van der Waals surface area contributed by atoms with Crippen LogP contribution in [0.4, 0.5) is 13.2 Å². The van der Waals surface area contributed by atoms with E-state index in [0.29, 0.717) is 0 Å². The second-order valence-corrected chi connectivity index (χ2v) is 7.03. The summed E-state index contributed by atoms with van der Waals surface area (Å²) in [5, 5.41) is 1.82. The van der Waals surface area contributed by atoms with Crippen LogP contribution in [0, 0.1) is 5.92 Å². The van der Waals surface area contributed by atoms with Crippen molar-refractivity contribution >= 4 is 23.7 Å². The second kappa shape index (κ2) is 11.2. The minimum absolute atomic E-state index is 0.148. The zero-order chi connectivity index (χ0) is 18.7. The van der Waals surface area contributed by atoms with E-state index in [-0.39, 0.29) is 6.54 Å². The fourth-order valence-electron chi connectivity index (χ4n) is 2.50. The quantitative estimate of drug-likeness (QED) is 0.534. The Morgan fingerprint density at radius 1 is 1.24 bits per heavy atom. The molecule has 0 radical (unpaired) electrons. The molecule has 0 aliphatic rings. The molecular formula is C19H26F3NOS. The highest BCUT2D eigenvalue weighted by molar-refractivity contribution is 7.99. The molecule has 0 spiro atoms. The Hall–Kier alpha value is -1.43. The Morgan fingerprint density at radius 2 is 1.92 bits per heavy atom. The van der Waals surface area contributed by atoms with E-state index in [1.807, 2.05) is 41.3 Å². The van der Waals surface area contributed by atoms with Crippen molar-refractivity contribution in [3.8, 4) is 0 Å². The molecule has 0 saturated carbocycles. The van der Waals surface area contributed by atoms with Crippen molar-refractivity contribution in [3.05, 3.63) is 35.9 Å². The van der Waals surface area contributed by atoms with E-state index < -0.39 is 12.1 Å². The molecule has 25 heavy (non-hydrogen) atoms. The Balaban J connectivity index is 2.51. The first-order valence-corrected chi connectivity index (χ1v) is 9.59. The molecule has 0 unspecified atom stereocenters. The summed E-state index contributed by atoms with van der Waals surface area (Å²) < 4.78 is 36.2. The maximum atomic E-state index is 12.1. The fraction of sp³-hybridized carbons (Fsp3) is 0.526. The summed E-state index contributed by atoms with van der Waals surface area (Å²) in [4.78, 5) is 11.9. The number of alkyl halides is 3. The minimum atomic E-state index is -4.84. The third-order valence-electron chi connectivity index (χ3n) is 3.69. The Kier molecular flexibility index (Phi) is 9.71. The van der Waals surface area contributed by atoms with E-state index >= 15 is 0 Å². The SMILES string of the molecule is CCCC(CCC)CSc1cccc(C=CCNC(=O)C(F)(F)F)c1. The summed E-state index contributed by atoms with van der Waals surface area (Å²) in [7, 11) is 0. The van der Waals surface area contributed by atoms with Crippen LogP contribution in [0.15, 0.2) is 35.2 Å². The van der Waals surface area contributed by atoms with E-state index in [1.54, 1.807) is 6.08 Å². The van der Waals surface area contributed by atoms with E-state index in [1.165, 1.54) is 31.8 Å². The molecule has 6 heteroatoms. The van der Waals surface area contributed by atoms with Crippen molar-refractivity contribution in [1.82, 2.24) is 5.32 Å². The van der Waals surface area contributed by atoms with Gasteiger partial charge in [0.25, 0.3) is 0 Å². The molecule has 1 rings (SSSR count). The molecule has 1 amide bonds. The van der Waals surface area contributed by atoms with Gasteiger partial charge in [-0.15, -0.1) is 11.8 Å². The average Bonchev–Trinajstić information content (AvgIpc) is 2.56. The van der Waals surface area contributed by atoms with Gasteiger partial charge in [0.05, 0.1) is 0 Å². The number of hydrogen-bond donors (Lipinski definition) is 1. The van der Waals surface area contributed by atoms with E-state index in [9.17, 15) is 18.0 Å². The van der Waals surface area contributed by atoms with E-state index in [2.05, 4.69) is 13.8 Å². The molecule has 0 heterocycles. The van der Waals surface area contributed by atoms with Crippen LogP contribution >= 0.6 is 11.8 Å². The van der Waals surface area contributed by atoms with Gasteiger partial charge in [-0.05, 0) is 36.5 Å². The van der Waals surface area contributed by atoms with Gasteiger partial charge in [0.2, 0.25) is 0 Å². The molecule has 140 valence electrons. The van der Waals surface area contributed by atoms with Gasteiger partial charge >= 0.3 is 12.1 Å². The number of rotatable bonds is 10. The molecule has 1 aromatic carbocycles. The monoisotopic (exact) mass is 373 g/mol. The zero-order valence-corrected chi connectivity index (χ0v) is 15.6. The Bertz CT molecular complexity index is 552. The van der Waals surface area contributed by atoms with Crippen LogP contribution in [-0.2, 0) is 4.79 Å². The molecule has 0 bridgehead atoms. The third-order valence-corrected chi connectivity index (χ3v) is 4.91. The maximum Gasteiger partial charge on any atom is 0.471 e. The summed E-state index contributed by atoms with van der Waals surface area (Å²) in [5.74, 6) is -0.118. The van der Waals surface area contributed by atoms with E-state index in [4.69, 9.17) is 0 Å². The van der Waals surface area contributed by atoms with Crippen molar-refractivity contribution in [2.24, 2.45) is 5.92 Å². The van der Waals surface area contributed by atoms with Crippen LogP contribution in [0.2, 0.25) is 0 Å². The molecule has 0 aliphatic carbocycles. The van der Waals surface area contributed by atoms with Crippen LogP contribution in [0.1, 0.15) is 45.1 Å². The van der Waals surface area contributed by atoms with Crippen LogP contribution in [0.5, 0.6) is 0 Å². The van der Waals surface area contributed by atoms with Crippen LogP contribution < -0.4 is 5.32 Å². The van der Waals surface area contributed by atoms with Crippen LogP contribution in [0.3, 0.4) is 0 Å². The number of hydrogen-bond acceptors (Lipinski definition) is 2. The summed E-state index contributed by atoms with van der Waals surface area (Å²) in [6, 6.07) is 7.89. The number of carbonyl (C=O) groups is 1. The Labute approximate surface area is 152 Å². The van der Waals surface area contributed by atoms with Gasteiger partial charge in [0.15, 0.2) is 0 Å². The predicted octanol–water partition coefficient (Wildman–Crippen LogP) is 5.69. The predicted molar refractivity (Wildman–Crippen MR) is 98.6 cm³/mol. The molecule has 2 nitrogen and oxygen atoms in total. The number of thioether (sulfide) groups is 1. The number of benzene rings is 1. The summed E-state index contributed by atoms with van der Waals surface area (Å²) in [5.41, 5.74) is 0.911. The summed E-state index contributed by atoms with van der Waals surface area (Å²) in [6.07, 6.45) is 3.26. The molecule has 0 saturated heterocycles. The number of amides is 1. The lowest BCUT2D eigenvalue weighted by Gasteiger charge is -2.14. The van der Waals surface area contributed by atoms with Gasteiger partial charge in [-0.1, -0.05) is 51.0 Å². The third kappa shape index (κ3) is 9.00. The van der Waals surface area contributed by atoms with Gasteiger partial charge in [-0.25, -0.2) is 0 Å². The molecule has 0 aliphatic heterocycles. The lowest BCUT2D eigenvalue weighted by molar-refractivity contribution is -0.173. The smallest absolute Gasteiger partial charge is 0.345 e. The molecule has 1 N–H and O–H groups in total. The zero-order valence-electron chi connectivity index (χ0n) is 14.7. The largest absolute Gasteiger partial charge is 0.471 e. The first kappa shape index (κ1) is 21.6. The van der Waals surface area contributed by atoms with Gasteiger partial charge in [0, 0.05) is 17.2 Å². The first-order valence-electron chi connectivity index (χ1n) is 8.61. The van der Waals surface area contributed by atoms with Crippen LogP contribution in [0.25, 0.3) is 6.08 Å². The number of carbonyl (C=O) groups excluding carboxylic acids is 1. The molecule has 0 fully saturated rings. The van der Waals surface area contributed by atoms with Gasteiger partial charge < -0.3 is 5.32 Å². The second-order valence-electron chi connectivity index (χ2n) is 5.94. The van der Waals surface area contributed by atoms with Crippen molar-refractivity contribution in [3.63, 3.8) is 0 Å². The highest BCUT2D eigenvalue weighted by Crippen LogP contribution is 2.26. The van der Waals surface area contributed by atoms with Gasteiger partial charge in [-0.2, -0.15) is 13.2 Å². The van der Waals surface area contributed by atoms with Crippen molar-refractivity contribution in [2.75, 3.05) is 12.3 Å². The lowest BCUT2D eigenvalue weighted by Crippen LogP contribution is -2.36.